The summed E-state index contributed by atoms with van der Waals surface area (Å²) in [6.07, 6.45) is 8.82. The number of carbonyl (C=O) groups is 3. The maximum Gasteiger partial charge on any atom is 1.00 e. The van der Waals surface area contributed by atoms with Crippen molar-refractivity contribution in [2.45, 2.75) is 126 Å². The van der Waals surface area contributed by atoms with Gasteiger partial charge in [-0.15, -0.1) is 11.3 Å². The number of rotatable bonds is 3. The number of aliphatic hydroxyl groups excluding tert-OH is 1. The number of nitrogens with two attached hydrogens (primary N) is 1. The molecule has 1 aliphatic rings. The number of hydrogen-bond donors (Lipinski definition) is 2. The van der Waals surface area contributed by atoms with Gasteiger partial charge in [-0.2, -0.15) is 0 Å². The molecule has 0 saturated carbocycles. The zero-order chi connectivity index (χ0) is 30.5. The molecule has 0 saturated heterocycles. The van der Waals surface area contributed by atoms with Gasteiger partial charge in [-0.3, -0.25) is 9.59 Å². The summed E-state index contributed by atoms with van der Waals surface area (Å²) in [4.78, 5) is 39.3. The van der Waals surface area contributed by atoms with Crippen LogP contribution in [0.2, 0.25) is 0 Å². The summed E-state index contributed by atoms with van der Waals surface area (Å²) >= 11 is 1.63. The van der Waals surface area contributed by atoms with Crippen molar-refractivity contribution in [3.63, 3.8) is 0 Å². The van der Waals surface area contributed by atoms with Gasteiger partial charge >= 0.3 is 57.4 Å². The number of esters is 1. The van der Waals surface area contributed by atoms with E-state index in [1.54, 1.807) is 11.3 Å². The van der Waals surface area contributed by atoms with E-state index in [1.807, 2.05) is 40.0 Å². The van der Waals surface area contributed by atoms with Gasteiger partial charge in [-0.1, -0.05) is 58.8 Å². The van der Waals surface area contributed by atoms with Crippen LogP contribution < -0.4 is 62.2 Å². The smallest absolute Gasteiger partial charge is 0.530 e. The second kappa shape index (κ2) is 21.8. The fraction of sp³-hybridized carbons (Fsp3) is 0.688. The van der Waals surface area contributed by atoms with Crippen LogP contribution in [0, 0.1) is 24.2 Å². The van der Waals surface area contributed by atoms with Crippen LogP contribution in [0.1, 0.15) is 117 Å². The SMILES string of the molecule is C.C/C1=C/CC[C@@H](C/C(C)=C/c2csc(C)n2)OC(=O)CCC(C)(C)C(=O)[C@H](C)[C@@H](O)[C@@H](C)CCCC1.NC(=O)[O-].[K+]. The van der Waals surface area contributed by atoms with E-state index in [1.165, 1.54) is 5.57 Å². The summed E-state index contributed by atoms with van der Waals surface area (Å²) in [6.45, 7) is 13.8. The summed E-state index contributed by atoms with van der Waals surface area (Å²) < 4.78 is 5.95. The largest absolute Gasteiger partial charge is 1.00 e. The average molecular weight is 633 g/mol. The van der Waals surface area contributed by atoms with Crippen molar-refractivity contribution in [2.75, 3.05) is 0 Å². The molecular formula is C32H53KN2O6S. The van der Waals surface area contributed by atoms with Gasteiger partial charge in [0.05, 0.1) is 16.8 Å². The molecule has 0 bridgehead atoms. The first-order valence-corrected chi connectivity index (χ1v) is 15.1. The molecule has 10 heteroatoms. The number of aromatic nitrogens is 1. The fourth-order valence-electron chi connectivity index (χ4n) is 5.03. The number of aryl methyl sites for hydroxylation is 1. The number of aliphatic hydroxyl groups is 1. The van der Waals surface area contributed by atoms with Gasteiger partial charge in [-0.25, -0.2) is 4.98 Å². The second-order valence-electron chi connectivity index (χ2n) is 11.8. The first kappa shape index (κ1) is 43.2. The van der Waals surface area contributed by atoms with Gasteiger partial charge in [0.2, 0.25) is 0 Å². The van der Waals surface area contributed by atoms with E-state index in [4.69, 9.17) is 14.6 Å². The summed E-state index contributed by atoms with van der Waals surface area (Å²) in [7, 11) is 0. The van der Waals surface area contributed by atoms with E-state index >= 15 is 0 Å². The Morgan fingerprint density at radius 2 is 1.83 bits per heavy atom. The van der Waals surface area contributed by atoms with Crippen molar-refractivity contribution in [2.24, 2.45) is 23.0 Å². The zero-order valence-corrected chi connectivity index (χ0v) is 30.3. The van der Waals surface area contributed by atoms with Crippen LogP contribution in [0.3, 0.4) is 0 Å². The number of allylic oxidation sites excluding steroid dienone is 2. The second-order valence-corrected chi connectivity index (χ2v) is 12.9. The number of carboxylic acid groups (broad SMARTS) is 1. The van der Waals surface area contributed by atoms with Crippen LogP contribution in [0.25, 0.3) is 6.08 Å². The van der Waals surface area contributed by atoms with E-state index < -0.39 is 23.5 Å². The first-order chi connectivity index (χ1) is 18.6. The van der Waals surface area contributed by atoms with Crippen molar-refractivity contribution >= 4 is 35.3 Å². The molecule has 234 valence electrons. The Hall–Kier alpha value is -0.884. The monoisotopic (exact) mass is 632 g/mol. The number of ketones is 1. The number of primary amides is 1. The summed E-state index contributed by atoms with van der Waals surface area (Å²) in [6, 6.07) is 0. The molecular weight excluding hydrogens is 580 g/mol. The third-order valence-corrected chi connectivity index (χ3v) is 8.26. The molecule has 1 aliphatic heterocycles. The van der Waals surface area contributed by atoms with Gasteiger partial charge in [-0.05, 0) is 71.3 Å². The maximum absolute atomic E-state index is 13.2. The summed E-state index contributed by atoms with van der Waals surface area (Å²) in [5.41, 5.74) is 6.65. The van der Waals surface area contributed by atoms with Gasteiger partial charge in [0.25, 0.3) is 0 Å². The first-order valence-electron chi connectivity index (χ1n) is 14.3. The fourth-order valence-corrected chi connectivity index (χ4v) is 5.60. The van der Waals surface area contributed by atoms with Crippen molar-refractivity contribution in [1.29, 1.82) is 0 Å². The Morgan fingerprint density at radius 3 is 2.40 bits per heavy atom. The summed E-state index contributed by atoms with van der Waals surface area (Å²) in [5.74, 6) is -0.635. The predicted molar refractivity (Wildman–Crippen MR) is 165 cm³/mol. The van der Waals surface area contributed by atoms with E-state index in [0.717, 1.165) is 54.8 Å². The number of carbonyl (C=O) groups excluding carboxylic acids is 3. The third kappa shape index (κ3) is 17.4. The van der Waals surface area contributed by atoms with Crippen LogP contribution >= 0.6 is 11.3 Å². The molecule has 42 heavy (non-hydrogen) atoms. The minimum absolute atomic E-state index is 0. The summed E-state index contributed by atoms with van der Waals surface area (Å²) in [5, 5.41) is 22.6. The number of nitrogens with zero attached hydrogens (tertiary/aromatic N) is 1. The molecule has 0 spiro atoms. The Morgan fingerprint density at radius 1 is 1.21 bits per heavy atom. The number of Topliss-reactive ketones (excluding diaryl/α,β-unsaturated/α-hetero) is 1. The maximum atomic E-state index is 13.2. The minimum atomic E-state index is -1.58. The molecule has 1 aromatic heterocycles. The number of ether oxygens (including phenoxy) is 1. The van der Waals surface area contributed by atoms with Gasteiger partial charge < -0.3 is 25.5 Å². The standard InChI is InChI=1S/C30H47NO4S.CH3NO2.CH4.K/c1-20-11-8-9-13-22(3)28(33)23(4)29(34)30(6,7)16-15-27(32)35-26(14-10-12-20)18-21(2)17-25-19-36-24(5)31-25;2-1(3)4;;/h12,17,19,22-23,26,28,33H,8-11,13-16,18H2,1-7H3;2H2,(H,3,4);1H4;/q;;;+1/p-1/b20-12-,21-17+;;;/t22-,23+,26-,28-;;;/m0.../s1. The van der Waals surface area contributed by atoms with Crippen molar-refractivity contribution in [3.8, 4) is 0 Å². The molecule has 4 atom stereocenters. The third-order valence-electron chi connectivity index (χ3n) is 7.47. The van der Waals surface area contributed by atoms with E-state index in [0.29, 0.717) is 12.8 Å². The molecule has 3 N–H and O–H groups in total. The van der Waals surface area contributed by atoms with Crippen molar-refractivity contribution in [1.82, 2.24) is 4.98 Å². The average Bonchev–Trinajstić information content (AvgIpc) is 3.27. The molecule has 0 aliphatic carbocycles. The van der Waals surface area contributed by atoms with Gasteiger partial charge in [0, 0.05) is 29.6 Å². The number of hydrogen-bond acceptors (Lipinski definition) is 8. The van der Waals surface area contributed by atoms with E-state index in [9.17, 15) is 14.7 Å². The molecule has 0 aromatic carbocycles. The van der Waals surface area contributed by atoms with Gasteiger partial charge in [0.15, 0.2) is 0 Å². The molecule has 8 nitrogen and oxygen atoms in total. The van der Waals surface area contributed by atoms with Crippen LogP contribution in [0.5, 0.6) is 0 Å². The van der Waals surface area contributed by atoms with Crippen LogP contribution in [-0.2, 0) is 14.3 Å². The van der Waals surface area contributed by atoms with Crippen LogP contribution in [0.15, 0.2) is 22.6 Å². The Labute approximate surface area is 300 Å². The predicted octanol–water partition coefficient (Wildman–Crippen LogP) is 3.39. The Kier molecular flexibility index (Phi) is 22.4. The molecule has 1 amide bonds. The minimum Gasteiger partial charge on any atom is -0.530 e. The van der Waals surface area contributed by atoms with E-state index in [-0.39, 0.29) is 89.0 Å². The van der Waals surface area contributed by atoms with Crippen LogP contribution in [0.4, 0.5) is 4.79 Å². The van der Waals surface area contributed by atoms with Crippen molar-refractivity contribution < 1.29 is 80.7 Å². The number of thiazole rings is 1. The normalized spacial score (nSPS) is 25.9. The molecule has 2 heterocycles. The van der Waals surface area contributed by atoms with Gasteiger partial charge in [0.1, 0.15) is 18.0 Å². The molecule has 0 unspecified atom stereocenters. The molecule has 0 radical (unpaired) electrons. The molecule has 1 aromatic rings. The molecule has 2 rings (SSSR count). The Balaban J connectivity index is 0. The van der Waals surface area contributed by atoms with E-state index in [2.05, 4.69) is 36.7 Å². The Bertz CT molecular complexity index is 1030. The quantitative estimate of drug-likeness (QED) is 0.295. The number of cyclic esters (lactones) is 1. The zero-order valence-electron chi connectivity index (χ0n) is 26.3. The van der Waals surface area contributed by atoms with Crippen LogP contribution in [-0.4, -0.2) is 40.1 Å². The number of amides is 1. The topological polar surface area (TPSA) is 143 Å². The molecule has 0 fully saturated rings. The van der Waals surface area contributed by atoms with Crippen molar-refractivity contribution in [3.05, 3.63) is 33.3 Å².